The molecule has 1 unspecified atom stereocenters. The molecule has 3 amide bonds. The number of carbonyl (C=O) groups is 3. The van der Waals surface area contributed by atoms with E-state index in [1.54, 1.807) is 24.4 Å². The lowest BCUT2D eigenvalue weighted by molar-refractivity contribution is 0.0922. The van der Waals surface area contributed by atoms with Crippen molar-refractivity contribution in [2.45, 2.75) is 56.8 Å². The first-order valence-corrected chi connectivity index (χ1v) is 17.9. The van der Waals surface area contributed by atoms with Gasteiger partial charge in [-0.2, -0.15) is 0 Å². The number of likely N-dealkylation sites (N-methyl/N-ethyl adjacent to an activating group) is 1. The Balaban J connectivity index is 0.942. The summed E-state index contributed by atoms with van der Waals surface area (Å²) in [6.45, 7) is 6.16. The molecule has 2 bridgehead atoms. The normalized spacial score (nSPS) is 20.8. The van der Waals surface area contributed by atoms with Crippen molar-refractivity contribution >= 4 is 40.6 Å². The predicted molar refractivity (Wildman–Crippen MR) is 201 cm³/mol. The third-order valence-corrected chi connectivity index (χ3v) is 10.6. The molecule has 4 heterocycles. The number of rotatable bonds is 10. The van der Waals surface area contributed by atoms with Crippen molar-refractivity contribution in [3.05, 3.63) is 113 Å². The molecule has 7 rings (SSSR count). The highest BCUT2D eigenvalue weighted by atomic mass is 16.2. The SMILES string of the molecule is C[C@H](NC(=O)c1ccc(N2[C@@H]3CC[C@H]2CC(NC(=O)c2ccc(C(N)=O)c(Nc4ccccc4)c2)C3)nc1)c1ccc(N2CCN(C)CC2)cc1. The Hall–Kier alpha value is -5.42. The standard InChI is InChI=1S/C40H46N8O3/c1-26(27-8-12-32(13-9-27)47-20-18-46(2)19-21-47)43-40(51)29-11-17-37(42-25-29)48-33-14-15-34(48)24-31(23-33)45-39(50)28-10-16-35(38(41)49)36(22-28)44-30-6-4-3-5-7-30/h3-13,16-17,22,25-26,31,33-34,44H,14-15,18-21,23-24H2,1-2H3,(H2,41,49)(H,43,51)(H,45,50)/t26-,31?,33-,34+/m0/s1. The van der Waals surface area contributed by atoms with Gasteiger partial charge in [-0.05, 0) is 99.8 Å². The average Bonchev–Trinajstić information content (AvgIpc) is 3.41. The molecule has 5 N–H and O–H groups in total. The average molecular weight is 687 g/mol. The molecule has 11 nitrogen and oxygen atoms in total. The van der Waals surface area contributed by atoms with Crippen LogP contribution in [0.2, 0.25) is 0 Å². The van der Waals surface area contributed by atoms with Crippen molar-refractivity contribution in [2.24, 2.45) is 5.73 Å². The summed E-state index contributed by atoms with van der Waals surface area (Å²) in [5, 5.41) is 9.58. The largest absolute Gasteiger partial charge is 0.369 e. The first-order valence-electron chi connectivity index (χ1n) is 17.9. The minimum Gasteiger partial charge on any atom is -0.369 e. The number of piperidine rings is 1. The number of nitrogens with zero attached hydrogens (tertiary/aromatic N) is 4. The van der Waals surface area contributed by atoms with Gasteiger partial charge < -0.3 is 36.4 Å². The van der Waals surface area contributed by atoms with Crippen LogP contribution in [0, 0.1) is 0 Å². The number of anilines is 4. The Bertz CT molecular complexity index is 1850. The lowest BCUT2D eigenvalue weighted by Crippen LogP contribution is -2.50. The Morgan fingerprint density at radius 2 is 1.51 bits per heavy atom. The van der Waals surface area contributed by atoms with E-state index in [1.165, 1.54) is 5.69 Å². The van der Waals surface area contributed by atoms with Crippen molar-refractivity contribution in [1.82, 2.24) is 20.5 Å². The Kier molecular flexibility index (Phi) is 9.90. The molecule has 0 radical (unpaired) electrons. The first-order chi connectivity index (χ1) is 24.7. The van der Waals surface area contributed by atoms with Crippen LogP contribution in [-0.4, -0.2) is 79.0 Å². The van der Waals surface area contributed by atoms with Gasteiger partial charge in [-0.15, -0.1) is 0 Å². The number of nitrogens with one attached hydrogen (secondary N) is 3. The molecule has 0 saturated carbocycles. The molecule has 0 aliphatic carbocycles. The molecule has 4 atom stereocenters. The van der Waals surface area contributed by atoms with Crippen LogP contribution in [0.1, 0.15) is 75.3 Å². The number of aromatic nitrogens is 1. The van der Waals surface area contributed by atoms with Crippen LogP contribution in [0.15, 0.2) is 91.1 Å². The summed E-state index contributed by atoms with van der Waals surface area (Å²) in [7, 11) is 2.16. The van der Waals surface area contributed by atoms with E-state index in [4.69, 9.17) is 10.7 Å². The Morgan fingerprint density at radius 1 is 0.824 bits per heavy atom. The maximum absolute atomic E-state index is 13.4. The van der Waals surface area contributed by atoms with Crippen molar-refractivity contribution < 1.29 is 14.4 Å². The fourth-order valence-electron chi connectivity index (χ4n) is 7.69. The minimum atomic E-state index is -0.566. The molecule has 3 saturated heterocycles. The highest BCUT2D eigenvalue weighted by molar-refractivity contribution is 6.02. The van der Waals surface area contributed by atoms with E-state index in [-0.39, 0.29) is 36.0 Å². The quantitative estimate of drug-likeness (QED) is 0.181. The number of hydrogen-bond acceptors (Lipinski definition) is 8. The molecule has 3 aliphatic heterocycles. The number of benzene rings is 3. The zero-order chi connectivity index (χ0) is 35.5. The van der Waals surface area contributed by atoms with Gasteiger partial charge in [-0.25, -0.2) is 4.98 Å². The van der Waals surface area contributed by atoms with Gasteiger partial charge in [0.15, 0.2) is 0 Å². The van der Waals surface area contributed by atoms with Crippen LogP contribution in [-0.2, 0) is 0 Å². The topological polar surface area (TPSA) is 136 Å². The van der Waals surface area contributed by atoms with Crippen molar-refractivity contribution in [1.29, 1.82) is 0 Å². The molecule has 1 aromatic heterocycles. The number of amides is 3. The lowest BCUT2D eigenvalue weighted by atomic mass is 9.96. The molecule has 0 spiro atoms. The van der Waals surface area contributed by atoms with Crippen LogP contribution in [0.3, 0.4) is 0 Å². The second-order valence-corrected chi connectivity index (χ2v) is 14.0. The fourth-order valence-corrected chi connectivity index (χ4v) is 7.69. The summed E-state index contributed by atoms with van der Waals surface area (Å²) in [6, 6.07) is 27.0. The fraction of sp³-hybridized carbons (Fsp3) is 0.350. The maximum atomic E-state index is 13.4. The summed E-state index contributed by atoms with van der Waals surface area (Å²) >= 11 is 0. The minimum absolute atomic E-state index is 0.00904. The van der Waals surface area contributed by atoms with E-state index in [2.05, 4.69) is 62.0 Å². The second kappa shape index (κ2) is 14.8. The van der Waals surface area contributed by atoms with Crippen LogP contribution < -0.4 is 31.5 Å². The third kappa shape index (κ3) is 7.68. The Morgan fingerprint density at radius 3 is 2.16 bits per heavy atom. The second-order valence-electron chi connectivity index (χ2n) is 14.0. The molecule has 4 aromatic rings. The van der Waals surface area contributed by atoms with Gasteiger partial charge in [-0.1, -0.05) is 30.3 Å². The van der Waals surface area contributed by atoms with Crippen LogP contribution >= 0.6 is 0 Å². The van der Waals surface area contributed by atoms with Crippen LogP contribution in [0.4, 0.5) is 22.9 Å². The van der Waals surface area contributed by atoms with Crippen molar-refractivity contribution in [2.75, 3.05) is 48.3 Å². The zero-order valence-corrected chi connectivity index (χ0v) is 29.2. The van der Waals surface area contributed by atoms with Gasteiger partial charge in [-0.3, -0.25) is 14.4 Å². The molecule has 3 aliphatic rings. The number of hydrogen-bond donors (Lipinski definition) is 4. The van der Waals surface area contributed by atoms with Gasteiger partial charge in [0.25, 0.3) is 17.7 Å². The van der Waals surface area contributed by atoms with E-state index in [9.17, 15) is 14.4 Å². The lowest BCUT2D eigenvalue weighted by Gasteiger charge is -2.40. The van der Waals surface area contributed by atoms with Crippen LogP contribution in [0.25, 0.3) is 0 Å². The number of carbonyl (C=O) groups excluding carboxylic acids is 3. The smallest absolute Gasteiger partial charge is 0.253 e. The number of para-hydroxylation sites is 1. The number of primary amides is 1. The number of nitrogens with two attached hydrogens (primary N) is 1. The number of pyridine rings is 1. The van der Waals surface area contributed by atoms with E-state index in [0.29, 0.717) is 22.4 Å². The van der Waals surface area contributed by atoms with E-state index < -0.39 is 5.91 Å². The summed E-state index contributed by atoms with van der Waals surface area (Å²) < 4.78 is 0. The van der Waals surface area contributed by atoms with Gasteiger partial charge in [0.1, 0.15) is 5.82 Å². The molecular weight excluding hydrogens is 640 g/mol. The number of fused-ring (bicyclic) bond motifs is 2. The predicted octanol–water partition coefficient (Wildman–Crippen LogP) is 5.10. The van der Waals surface area contributed by atoms with Crippen LogP contribution in [0.5, 0.6) is 0 Å². The zero-order valence-electron chi connectivity index (χ0n) is 29.2. The monoisotopic (exact) mass is 686 g/mol. The first kappa shape index (κ1) is 34.0. The summed E-state index contributed by atoms with van der Waals surface area (Å²) in [6.07, 6.45) is 5.30. The Labute approximate surface area is 299 Å². The molecular formula is C40H46N8O3. The summed E-state index contributed by atoms with van der Waals surface area (Å²) in [5.74, 6) is -0.0487. The maximum Gasteiger partial charge on any atom is 0.253 e. The van der Waals surface area contributed by atoms with Crippen molar-refractivity contribution in [3.8, 4) is 0 Å². The molecule has 3 fully saturated rings. The third-order valence-electron chi connectivity index (χ3n) is 10.6. The molecule has 264 valence electrons. The summed E-state index contributed by atoms with van der Waals surface area (Å²) in [5.41, 5.74) is 10.5. The van der Waals surface area contributed by atoms with Gasteiger partial charge in [0.05, 0.1) is 22.9 Å². The molecule has 51 heavy (non-hydrogen) atoms. The van der Waals surface area contributed by atoms with E-state index >= 15 is 0 Å². The molecule has 11 heteroatoms. The van der Waals surface area contributed by atoms with Gasteiger partial charge in [0.2, 0.25) is 0 Å². The van der Waals surface area contributed by atoms with Gasteiger partial charge >= 0.3 is 0 Å². The number of piperazine rings is 1. The summed E-state index contributed by atoms with van der Waals surface area (Å²) in [4.78, 5) is 50.5. The van der Waals surface area contributed by atoms with E-state index in [0.717, 1.165) is 68.9 Å². The van der Waals surface area contributed by atoms with E-state index in [1.807, 2.05) is 49.4 Å². The molecule has 3 aromatic carbocycles. The highest BCUT2D eigenvalue weighted by Gasteiger charge is 2.42. The van der Waals surface area contributed by atoms with Gasteiger partial charge in [0, 0.05) is 67.4 Å². The van der Waals surface area contributed by atoms with Crippen molar-refractivity contribution in [3.63, 3.8) is 0 Å². The highest BCUT2D eigenvalue weighted by Crippen LogP contribution is 2.39.